The van der Waals surface area contributed by atoms with Crippen molar-refractivity contribution in [1.29, 1.82) is 0 Å². The Bertz CT molecular complexity index is 610. The van der Waals surface area contributed by atoms with Gasteiger partial charge in [0.2, 0.25) is 0 Å². The second-order valence-corrected chi connectivity index (χ2v) is 4.76. The Labute approximate surface area is 122 Å². The van der Waals surface area contributed by atoms with Crippen molar-refractivity contribution in [3.05, 3.63) is 40.7 Å². The summed E-state index contributed by atoms with van der Waals surface area (Å²) in [7, 11) is 0. The number of amides is 1. The zero-order chi connectivity index (χ0) is 14.5. The first kappa shape index (κ1) is 14.4. The van der Waals surface area contributed by atoms with Crippen molar-refractivity contribution in [3.63, 3.8) is 0 Å². The Morgan fingerprint density at radius 1 is 1.50 bits per heavy atom. The van der Waals surface area contributed by atoms with Gasteiger partial charge in [-0.1, -0.05) is 18.5 Å². The second-order valence-electron chi connectivity index (χ2n) is 4.36. The van der Waals surface area contributed by atoms with E-state index in [0.717, 1.165) is 12.1 Å². The third-order valence-corrected chi connectivity index (χ3v) is 3.02. The summed E-state index contributed by atoms with van der Waals surface area (Å²) >= 11 is 6.11. The molecule has 106 valence electrons. The molecule has 20 heavy (non-hydrogen) atoms. The fourth-order valence-corrected chi connectivity index (χ4v) is 1.92. The van der Waals surface area contributed by atoms with Gasteiger partial charge >= 0.3 is 0 Å². The highest BCUT2D eigenvalue weighted by molar-refractivity contribution is 6.32. The Kier molecular flexibility index (Phi) is 4.63. The third kappa shape index (κ3) is 3.30. The number of carbonyl (C=O) groups is 1. The van der Waals surface area contributed by atoms with E-state index in [1.54, 1.807) is 25.1 Å². The molecule has 1 aromatic carbocycles. The molecular weight excluding hydrogens is 278 g/mol. The van der Waals surface area contributed by atoms with Gasteiger partial charge in [-0.25, -0.2) is 0 Å². The molecule has 0 saturated heterocycles. The lowest BCUT2D eigenvalue weighted by atomic mass is 10.2. The number of rotatable bonds is 5. The van der Waals surface area contributed by atoms with Gasteiger partial charge in [-0.3, -0.25) is 9.89 Å². The van der Waals surface area contributed by atoms with Gasteiger partial charge in [0.1, 0.15) is 5.75 Å². The lowest BCUT2D eigenvalue weighted by Crippen LogP contribution is -2.12. The van der Waals surface area contributed by atoms with E-state index in [4.69, 9.17) is 16.3 Å². The number of nitrogens with zero attached hydrogens (tertiary/aromatic N) is 1. The first-order valence-electron chi connectivity index (χ1n) is 6.35. The number of hydrogen-bond acceptors (Lipinski definition) is 3. The van der Waals surface area contributed by atoms with E-state index in [1.807, 2.05) is 6.92 Å². The lowest BCUT2D eigenvalue weighted by molar-refractivity contribution is 0.102. The number of halogens is 1. The monoisotopic (exact) mass is 293 g/mol. The van der Waals surface area contributed by atoms with E-state index in [0.29, 0.717) is 28.6 Å². The van der Waals surface area contributed by atoms with Crippen LogP contribution < -0.4 is 10.1 Å². The standard InChI is InChI=1S/C14H16ClN3O2/c1-3-6-20-13-5-4-10(7-12(13)15)17-14(19)11-8-16-18-9(11)2/h4-5,7-8H,3,6H2,1-2H3,(H,16,18)(H,17,19). The number of aromatic nitrogens is 2. The van der Waals surface area contributed by atoms with Crippen LogP contribution in [0.3, 0.4) is 0 Å². The predicted molar refractivity (Wildman–Crippen MR) is 78.5 cm³/mol. The topological polar surface area (TPSA) is 67.0 Å². The summed E-state index contributed by atoms with van der Waals surface area (Å²) in [5.41, 5.74) is 1.84. The normalized spacial score (nSPS) is 10.3. The summed E-state index contributed by atoms with van der Waals surface area (Å²) in [4.78, 5) is 12.0. The van der Waals surface area contributed by atoms with Crippen LogP contribution >= 0.6 is 11.6 Å². The van der Waals surface area contributed by atoms with Crippen LogP contribution in [-0.2, 0) is 0 Å². The van der Waals surface area contributed by atoms with Crippen molar-refractivity contribution in [2.24, 2.45) is 0 Å². The van der Waals surface area contributed by atoms with Crippen molar-refractivity contribution >= 4 is 23.2 Å². The zero-order valence-corrected chi connectivity index (χ0v) is 12.1. The van der Waals surface area contributed by atoms with E-state index in [2.05, 4.69) is 15.5 Å². The number of hydrogen-bond donors (Lipinski definition) is 2. The average Bonchev–Trinajstić information content (AvgIpc) is 2.84. The molecule has 2 aromatic rings. The molecule has 0 aliphatic carbocycles. The molecule has 0 atom stereocenters. The van der Waals surface area contributed by atoms with Crippen molar-refractivity contribution in [3.8, 4) is 5.75 Å². The molecule has 0 spiro atoms. The van der Waals surface area contributed by atoms with Gasteiger partial charge in [0.15, 0.2) is 0 Å². The molecule has 0 radical (unpaired) electrons. The van der Waals surface area contributed by atoms with E-state index in [-0.39, 0.29) is 5.91 Å². The summed E-state index contributed by atoms with van der Waals surface area (Å²) in [6, 6.07) is 5.17. The summed E-state index contributed by atoms with van der Waals surface area (Å²) in [6.07, 6.45) is 2.40. The SMILES string of the molecule is CCCOc1ccc(NC(=O)c2cn[nH]c2C)cc1Cl. The Morgan fingerprint density at radius 3 is 2.90 bits per heavy atom. The molecule has 5 nitrogen and oxygen atoms in total. The number of nitrogens with one attached hydrogen (secondary N) is 2. The number of ether oxygens (including phenoxy) is 1. The number of H-pyrrole nitrogens is 1. The van der Waals surface area contributed by atoms with Gasteiger partial charge < -0.3 is 10.1 Å². The molecule has 6 heteroatoms. The molecule has 1 heterocycles. The maximum absolute atomic E-state index is 12.0. The van der Waals surface area contributed by atoms with Gasteiger partial charge in [0, 0.05) is 11.4 Å². The first-order chi connectivity index (χ1) is 9.61. The molecule has 1 amide bonds. The molecule has 0 saturated carbocycles. The van der Waals surface area contributed by atoms with Crippen LogP contribution in [0.4, 0.5) is 5.69 Å². The molecule has 1 aromatic heterocycles. The number of carbonyl (C=O) groups excluding carboxylic acids is 1. The molecule has 2 N–H and O–H groups in total. The highest BCUT2D eigenvalue weighted by Gasteiger charge is 2.12. The molecule has 0 aliphatic rings. The molecule has 0 fully saturated rings. The Morgan fingerprint density at radius 2 is 2.30 bits per heavy atom. The number of benzene rings is 1. The van der Waals surface area contributed by atoms with E-state index < -0.39 is 0 Å². The minimum Gasteiger partial charge on any atom is -0.492 e. The quantitative estimate of drug-likeness (QED) is 0.887. The van der Waals surface area contributed by atoms with Crippen LogP contribution in [0.1, 0.15) is 29.4 Å². The van der Waals surface area contributed by atoms with Crippen molar-refractivity contribution in [1.82, 2.24) is 10.2 Å². The number of aryl methyl sites for hydroxylation is 1. The smallest absolute Gasteiger partial charge is 0.259 e. The molecule has 0 bridgehead atoms. The maximum Gasteiger partial charge on any atom is 0.259 e. The van der Waals surface area contributed by atoms with Gasteiger partial charge in [-0.05, 0) is 31.5 Å². The third-order valence-electron chi connectivity index (χ3n) is 2.73. The van der Waals surface area contributed by atoms with Gasteiger partial charge in [0.25, 0.3) is 5.91 Å². The van der Waals surface area contributed by atoms with E-state index >= 15 is 0 Å². The van der Waals surface area contributed by atoms with Crippen molar-refractivity contribution in [2.75, 3.05) is 11.9 Å². The van der Waals surface area contributed by atoms with Crippen LogP contribution in [0, 0.1) is 6.92 Å². The highest BCUT2D eigenvalue weighted by atomic mass is 35.5. The predicted octanol–water partition coefficient (Wildman–Crippen LogP) is 3.41. The maximum atomic E-state index is 12.0. The van der Waals surface area contributed by atoms with Crippen molar-refractivity contribution < 1.29 is 9.53 Å². The van der Waals surface area contributed by atoms with Crippen LogP contribution in [-0.4, -0.2) is 22.7 Å². The summed E-state index contributed by atoms with van der Waals surface area (Å²) in [6.45, 7) is 4.42. The van der Waals surface area contributed by atoms with E-state index in [9.17, 15) is 4.79 Å². The van der Waals surface area contributed by atoms with E-state index in [1.165, 1.54) is 6.20 Å². The molecule has 0 aliphatic heterocycles. The van der Waals surface area contributed by atoms with Crippen LogP contribution in [0.25, 0.3) is 0 Å². The molecule has 0 unspecified atom stereocenters. The van der Waals surface area contributed by atoms with Crippen LogP contribution in [0.15, 0.2) is 24.4 Å². The second kappa shape index (κ2) is 6.43. The van der Waals surface area contributed by atoms with Gasteiger partial charge in [-0.2, -0.15) is 5.10 Å². The highest BCUT2D eigenvalue weighted by Crippen LogP contribution is 2.28. The minimum atomic E-state index is -0.227. The average molecular weight is 294 g/mol. The Balaban J connectivity index is 2.09. The molecular formula is C14H16ClN3O2. The molecule has 2 rings (SSSR count). The number of aromatic amines is 1. The fraction of sp³-hybridized carbons (Fsp3) is 0.286. The number of anilines is 1. The zero-order valence-electron chi connectivity index (χ0n) is 11.4. The summed E-state index contributed by atoms with van der Waals surface area (Å²) < 4.78 is 5.48. The summed E-state index contributed by atoms with van der Waals surface area (Å²) in [5, 5.41) is 9.78. The fourth-order valence-electron chi connectivity index (χ4n) is 1.69. The first-order valence-corrected chi connectivity index (χ1v) is 6.73. The largest absolute Gasteiger partial charge is 0.492 e. The van der Waals surface area contributed by atoms with Gasteiger partial charge in [0.05, 0.1) is 23.4 Å². The lowest BCUT2D eigenvalue weighted by Gasteiger charge is -2.09. The van der Waals surface area contributed by atoms with Gasteiger partial charge in [-0.15, -0.1) is 0 Å². The van der Waals surface area contributed by atoms with Crippen LogP contribution in [0.5, 0.6) is 5.75 Å². The van der Waals surface area contributed by atoms with Crippen molar-refractivity contribution in [2.45, 2.75) is 20.3 Å². The Hall–Kier alpha value is -2.01. The minimum absolute atomic E-state index is 0.227. The summed E-state index contributed by atoms with van der Waals surface area (Å²) in [5.74, 6) is 0.389. The van der Waals surface area contributed by atoms with Crippen LogP contribution in [0.2, 0.25) is 5.02 Å².